The molecule has 3 aromatic carbocycles. The molecule has 0 saturated heterocycles. The summed E-state index contributed by atoms with van der Waals surface area (Å²) in [7, 11) is 1.62. The van der Waals surface area contributed by atoms with E-state index in [1.165, 1.54) is 34.4 Å². The monoisotopic (exact) mass is 557 g/mol. The first kappa shape index (κ1) is 25.7. The molecule has 190 valence electrons. The first-order chi connectivity index (χ1) is 18.6. The van der Waals surface area contributed by atoms with Crippen molar-refractivity contribution in [3.63, 3.8) is 0 Å². The molecule has 0 fully saturated rings. The van der Waals surface area contributed by atoms with Crippen LogP contribution in [0.15, 0.2) is 107 Å². The lowest BCUT2D eigenvalue weighted by atomic mass is 10.1. The Morgan fingerprint density at radius 2 is 1.71 bits per heavy atom. The van der Waals surface area contributed by atoms with Crippen molar-refractivity contribution in [2.75, 3.05) is 17.7 Å². The van der Waals surface area contributed by atoms with Crippen molar-refractivity contribution in [2.24, 2.45) is 0 Å². The maximum Gasteiger partial charge on any atom is 0.265 e. The second-order valence-electron chi connectivity index (χ2n) is 8.10. The van der Waals surface area contributed by atoms with Crippen LogP contribution in [0.4, 0.5) is 10.8 Å². The van der Waals surface area contributed by atoms with Crippen molar-refractivity contribution in [3.05, 3.63) is 112 Å². The number of hydrogen-bond acceptors (Lipinski definition) is 7. The van der Waals surface area contributed by atoms with Crippen LogP contribution in [0.1, 0.15) is 20.5 Å². The zero-order chi connectivity index (χ0) is 26.3. The van der Waals surface area contributed by atoms with Gasteiger partial charge in [0.15, 0.2) is 5.13 Å². The van der Waals surface area contributed by atoms with Crippen LogP contribution in [0.25, 0.3) is 11.3 Å². The maximum atomic E-state index is 13.5. The highest BCUT2D eigenvalue weighted by Crippen LogP contribution is 2.38. The number of carbonyl (C=O) groups excluding carboxylic acids is 2. The van der Waals surface area contributed by atoms with Crippen LogP contribution in [0.3, 0.4) is 0 Å². The number of rotatable bonds is 9. The summed E-state index contributed by atoms with van der Waals surface area (Å²) in [4.78, 5) is 32.2. The summed E-state index contributed by atoms with van der Waals surface area (Å²) in [6.07, 6.45) is 0. The number of anilines is 2. The molecule has 0 bridgehead atoms. The summed E-state index contributed by atoms with van der Waals surface area (Å²) < 4.78 is 5.46. The van der Waals surface area contributed by atoms with Gasteiger partial charge < -0.3 is 15.4 Å². The first-order valence-electron chi connectivity index (χ1n) is 11.7. The lowest BCUT2D eigenvalue weighted by molar-refractivity contribution is -0.115. The molecule has 0 saturated carbocycles. The number of nitrogens with one attached hydrogen (secondary N) is 2. The minimum absolute atomic E-state index is 0.158. The van der Waals surface area contributed by atoms with Gasteiger partial charge in [-0.2, -0.15) is 0 Å². The highest BCUT2D eigenvalue weighted by Gasteiger charge is 2.24. The largest absolute Gasteiger partial charge is 0.496 e. The summed E-state index contributed by atoms with van der Waals surface area (Å²) in [5.41, 5.74) is 3.13. The van der Waals surface area contributed by atoms with Crippen molar-refractivity contribution < 1.29 is 14.3 Å². The van der Waals surface area contributed by atoms with Gasteiger partial charge >= 0.3 is 0 Å². The van der Waals surface area contributed by atoms with E-state index >= 15 is 0 Å². The molecule has 9 heteroatoms. The van der Waals surface area contributed by atoms with Crippen molar-refractivity contribution >= 4 is 57.1 Å². The summed E-state index contributed by atoms with van der Waals surface area (Å²) in [6.45, 7) is 0. The molecule has 0 aliphatic rings. The number of aromatic nitrogens is 1. The topological polar surface area (TPSA) is 80.3 Å². The van der Waals surface area contributed by atoms with Gasteiger partial charge in [-0.15, -0.1) is 34.4 Å². The van der Waals surface area contributed by atoms with Gasteiger partial charge in [-0.3, -0.25) is 9.59 Å². The van der Waals surface area contributed by atoms with Crippen LogP contribution in [-0.4, -0.2) is 23.9 Å². The standard InChI is InChI=1S/C29H23N3O3S3/c1-35-24-14-6-5-13-22(24)23-18-37-29(31-23)32-28(34)26(19-9-3-2-4-10-19)38-21-12-7-11-20(17-21)30-27(33)25-15-8-16-36-25/h2-18,26H,1H3,(H,30,33)(H,31,32,34). The smallest absolute Gasteiger partial charge is 0.265 e. The van der Waals surface area contributed by atoms with E-state index in [-0.39, 0.29) is 11.8 Å². The van der Waals surface area contributed by atoms with Crippen LogP contribution in [0.5, 0.6) is 5.75 Å². The average Bonchev–Trinajstić information content (AvgIpc) is 3.65. The number of thiazole rings is 1. The Labute approximate surface area is 232 Å². The molecular weight excluding hydrogens is 535 g/mol. The van der Waals surface area contributed by atoms with Crippen molar-refractivity contribution in [2.45, 2.75) is 10.1 Å². The summed E-state index contributed by atoms with van der Waals surface area (Å²) >= 11 is 4.16. The van der Waals surface area contributed by atoms with Crippen LogP contribution < -0.4 is 15.4 Å². The molecule has 5 aromatic rings. The van der Waals surface area contributed by atoms with Gasteiger partial charge in [0, 0.05) is 21.5 Å². The number of carbonyl (C=O) groups is 2. The van der Waals surface area contributed by atoms with E-state index in [4.69, 9.17) is 4.74 Å². The van der Waals surface area contributed by atoms with Crippen LogP contribution in [0.2, 0.25) is 0 Å². The minimum Gasteiger partial charge on any atom is -0.496 e. The highest BCUT2D eigenvalue weighted by molar-refractivity contribution is 8.00. The van der Waals surface area contributed by atoms with Gasteiger partial charge in [0.1, 0.15) is 11.0 Å². The molecule has 2 aromatic heterocycles. The predicted octanol–water partition coefficient (Wildman–Crippen LogP) is 7.60. The normalized spacial score (nSPS) is 11.5. The third kappa shape index (κ3) is 6.13. The molecule has 2 amide bonds. The average molecular weight is 558 g/mol. The van der Waals surface area contributed by atoms with Crippen LogP contribution in [-0.2, 0) is 4.79 Å². The number of thiophene rings is 1. The zero-order valence-electron chi connectivity index (χ0n) is 20.3. The van der Waals surface area contributed by atoms with Crippen LogP contribution in [0, 0.1) is 0 Å². The molecule has 0 radical (unpaired) electrons. The predicted molar refractivity (Wildman–Crippen MR) is 156 cm³/mol. The van der Waals surface area contributed by atoms with Gasteiger partial charge in [-0.1, -0.05) is 54.6 Å². The second kappa shape index (κ2) is 12.1. The molecule has 1 unspecified atom stereocenters. The molecule has 6 nitrogen and oxygen atoms in total. The van der Waals surface area contributed by atoms with Gasteiger partial charge in [-0.25, -0.2) is 4.98 Å². The molecular formula is C29H23N3O3S3. The number of hydrogen-bond donors (Lipinski definition) is 2. The number of benzene rings is 3. The van der Waals surface area contributed by atoms with Gasteiger partial charge in [0.25, 0.3) is 5.91 Å². The molecule has 0 aliphatic carbocycles. The van der Waals surface area contributed by atoms with Gasteiger partial charge in [0.05, 0.1) is 17.7 Å². The van der Waals surface area contributed by atoms with Gasteiger partial charge in [0.2, 0.25) is 5.91 Å². The van der Waals surface area contributed by atoms with E-state index < -0.39 is 5.25 Å². The third-order valence-corrected chi connectivity index (χ3v) is 8.42. The number of ether oxygens (including phenoxy) is 1. The number of para-hydroxylation sites is 1. The number of amides is 2. The Hall–Kier alpha value is -3.92. The summed E-state index contributed by atoms with van der Waals surface area (Å²) in [6, 6.07) is 28.4. The van der Waals surface area contributed by atoms with Crippen molar-refractivity contribution in [1.29, 1.82) is 0 Å². The Morgan fingerprint density at radius 1 is 0.895 bits per heavy atom. The summed E-state index contributed by atoms with van der Waals surface area (Å²) in [5, 5.41) is 9.67. The Kier molecular flexibility index (Phi) is 8.18. The zero-order valence-corrected chi connectivity index (χ0v) is 22.7. The third-order valence-electron chi connectivity index (χ3n) is 5.55. The fraction of sp³-hybridized carbons (Fsp3) is 0.0690. The highest BCUT2D eigenvalue weighted by atomic mass is 32.2. The maximum absolute atomic E-state index is 13.5. The lowest BCUT2D eigenvalue weighted by Gasteiger charge is -2.17. The SMILES string of the molecule is COc1ccccc1-c1csc(NC(=O)C(Sc2cccc(NC(=O)c3cccs3)c2)c2ccccc2)n1. The molecule has 1 atom stereocenters. The Bertz CT molecular complexity index is 1530. The minimum atomic E-state index is -0.530. The van der Waals surface area contributed by atoms with E-state index in [0.29, 0.717) is 15.7 Å². The lowest BCUT2D eigenvalue weighted by Crippen LogP contribution is -2.19. The molecule has 2 N–H and O–H groups in total. The van der Waals surface area contributed by atoms with E-state index in [2.05, 4.69) is 15.6 Å². The Balaban J connectivity index is 1.35. The molecule has 38 heavy (non-hydrogen) atoms. The van der Waals surface area contributed by atoms with Crippen LogP contribution >= 0.6 is 34.4 Å². The van der Waals surface area contributed by atoms with Crippen molar-refractivity contribution in [1.82, 2.24) is 4.98 Å². The van der Waals surface area contributed by atoms with E-state index in [9.17, 15) is 9.59 Å². The molecule has 0 aliphatic heterocycles. The Morgan fingerprint density at radius 3 is 2.50 bits per heavy atom. The van der Waals surface area contributed by atoms with Gasteiger partial charge in [-0.05, 0) is 47.3 Å². The number of nitrogens with zero attached hydrogens (tertiary/aromatic N) is 1. The van der Waals surface area contributed by atoms with E-state index in [1.54, 1.807) is 13.2 Å². The van der Waals surface area contributed by atoms with E-state index in [1.807, 2.05) is 95.7 Å². The van der Waals surface area contributed by atoms with Crippen molar-refractivity contribution in [3.8, 4) is 17.0 Å². The number of thioether (sulfide) groups is 1. The molecule has 2 heterocycles. The first-order valence-corrected chi connectivity index (χ1v) is 14.3. The fourth-order valence-electron chi connectivity index (χ4n) is 3.77. The number of methoxy groups -OCH3 is 1. The molecule has 5 rings (SSSR count). The summed E-state index contributed by atoms with van der Waals surface area (Å²) in [5.74, 6) is 0.378. The van der Waals surface area contributed by atoms with E-state index in [0.717, 1.165) is 27.5 Å². The molecule has 0 spiro atoms. The quantitative estimate of drug-likeness (QED) is 0.182. The second-order valence-corrected chi connectivity index (χ2v) is 11.1. The fourth-order valence-corrected chi connectivity index (χ4v) is 6.18.